The highest BCUT2D eigenvalue weighted by Gasteiger charge is 2.11. The van der Waals surface area contributed by atoms with Gasteiger partial charge in [0.2, 0.25) is 0 Å². The molecule has 3 aromatic carbocycles. The second kappa shape index (κ2) is 11.6. The fraction of sp³-hybridized carbons (Fsp3) is 0.250. The van der Waals surface area contributed by atoms with Crippen molar-refractivity contribution in [2.75, 3.05) is 13.2 Å². The maximum Gasteiger partial charge on any atom is 0.162 e. The molecule has 0 atom stereocenters. The summed E-state index contributed by atoms with van der Waals surface area (Å²) in [7, 11) is 0. The van der Waals surface area contributed by atoms with Crippen LogP contribution in [0.15, 0.2) is 65.1 Å². The summed E-state index contributed by atoms with van der Waals surface area (Å²) in [6.45, 7) is 4.58. The van der Waals surface area contributed by atoms with Gasteiger partial charge in [-0.15, -0.1) is 0 Å². The topological polar surface area (TPSA) is 30.5 Å². The Balaban J connectivity index is 1.60. The summed E-state index contributed by atoms with van der Waals surface area (Å²) in [5.41, 5.74) is 3.42. The van der Waals surface area contributed by atoms with Crippen LogP contribution >= 0.6 is 39.1 Å². The second-order valence-electron chi connectivity index (χ2n) is 6.79. The summed E-state index contributed by atoms with van der Waals surface area (Å²) < 4.78 is 12.8. The Morgan fingerprint density at radius 3 is 2.07 bits per heavy atom. The summed E-state index contributed by atoms with van der Waals surface area (Å²) in [4.78, 5) is 0. The number of hydrogen-bond acceptors (Lipinski definition) is 3. The molecule has 0 aliphatic rings. The zero-order chi connectivity index (χ0) is 21.3. The Bertz CT molecular complexity index is 947. The Labute approximate surface area is 196 Å². The fourth-order valence-corrected chi connectivity index (χ4v) is 3.66. The predicted octanol–water partition coefficient (Wildman–Crippen LogP) is 7.07. The van der Waals surface area contributed by atoms with Gasteiger partial charge in [-0.05, 0) is 73.0 Å². The van der Waals surface area contributed by atoms with E-state index in [-0.39, 0.29) is 0 Å². The summed E-state index contributed by atoms with van der Waals surface area (Å²) in [6, 6.07) is 19.6. The van der Waals surface area contributed by atoms with Crippen molar-refractivity contribution in [1.29, 1.82) is 0 Å². The van der Waals surface area contributed by atoms with Gasteiger partial charge in [-0.25, -0.2) is 0 Å². The Hall–Kier alpha value is -1.72. The highest BCUT2D eigenvalue weighted by molar-refractivity contribution is 9.10. The van der Waals surface area contributed by atoms with Gasteiger partial charge in [-0.2, -0.15) is 0 Å². The van der Waals surface area contributed by atoms with E-state index in [9.17, 15) is 0 Å². The van der Waals surface area contributed by atoms with Crippen LogP contribution in [0.3, 0.4) is 0 Å². The van der Waals surface area contributed by atoms with Crippen LogP contribution in [0, 0.1) is 0 Å². The number of hydrogen-bond donors (Lipinski definition) is 1. The van der Waals surface area contributed by atoms with Gasteiger partial charge in [0.05, 0.1) is 6.61 Å². The lowest BCUT2D eigenvalue weighted by Gasteiger charge is -2.15. The van der Waals surface area contributed by atoms with Gasteiger partial charge < -0.3 is 14.8 Å². The number of nitrogens with one attached hydrogen (secondary N) is 1. The monoisotopic (exact) mass is 507 g/mol. The van der Waals surface area contributed by atoms with Gasteiger partial charge in [0.25, 0.3) is 0 Å². The molecule has 0 aliphatic carbocycles. The van der Waals surface area contributed by atoms with E-state index in [1.165, 1.54) is 5.56 Å². The van der Waals surface area contributed by atoms with Crippen LogP contribution in [0.1, 0.15) is 23.6 Å². The van der Waals surface area contributed by atoms with E-state index in [1.54, 1.807) is 0 Å². The van der Waals surface area contributed by atoms with E-state index in [0.29, 0.717) is 24.0 Å². The maximum absolute atomic E-state index is 6.02. The third-order valence-corrected chi connectivity index (χ3v) is 5.78. The zero-order valence-corrected chi connectivity index (χ0v) is 19.9. The summed E-state index contributed by atoms with van der Waals surface area (Å²) >= 11 is 15.6. The first-order valence-corrected chi connectivity index (χ1v) is 11.4. The smallest absolute Gasteiger partial charge is 0.162 e. The van der Waals surface area contributed by atoms with Crippen LogP contribution in [0.25, 0.3) is 0 Å². The van der Waals surface area contributed by atoms with Crippen LogP contribution in [-0.4, -0.2) is 13.2 Å². The standard InChI is InChI=1S/C24H24BrCl2NO2/c1-2-29-23-13-19(15-28-12-11-17-3-7-20(26)8-4-17)22(25)14-24(23)30-16-18-5-9-21(27)10-6-18/h3-10,13-14,28H,2,11-12,15-16H2,1H3. The number of halogens is 3. The molecule has 0 radical (unpaired) electrons. The lowest BCUT2D eigenvalue weighted by molar-refractivity contribution is 0.269. The maximum atomic E-state index is 6.02. The van der Waals surface area contributed by atoms with Crippen LogP contribution < -0.4 is 14.8 Å². The molecule has 0 saturated carbocycles. The normalized spacial score (nSPS) is 10.8. The largest absolute Gasteiger partial charge is 0.490 e. The van der Waals surface area contributed by atoms with Crippen molar-refractivity contribution in [3.63, 3.8) is 0 Å². The van der Waals surface area contributed by atoms with Crippen LogP contribution in [0.2, 0.25) is 10.0 Å². The fourth-order valence-electron chi connectivity index (χ4n) is 2.94. The quantitative estimate of drug-likeness (QED) is 0.297. The van der Waals surface area contributed by atoms with E-state index in [0.717, 1.165) is 45.9 Å². The molecule has 3 rings (SSSR count). The van der Waals surface area contributed by atoms with Crippen molar-refractivity contribution in [2.45, 2.75) is 26.5 Å². The molecule has 6 heteroatoms. The highest BCUT2D eigenvalue weighted by Crippen LogP contribution is 2.34. The molecule has 158 valence electrons. The third kappa shape index (κ3) is 6.92. The van der Waals surface area contributed by atoms with E-state index in [2.05, 4.69) is 33.4 Å². The van der Waals surface area contributed by atoms with E-state index < -0.39 is 0 Å². The zero-order valence-electron chi connectivity index (χ0n) is 16.8. The van der Waals surface area contributed by atoms with Crippen molar-refractivity contribution in [2.24, 2.45) is 0 Å². The lowest BCUT2D eigenvalue weighted by atomic mass is 10.1. The van der Waals surface area contributed by atoms with Gasteiger partial charge in [0.1, 0.15) is 6.61 Å². The van der Waals surface area contributed by atoms with Crippen molar-refractivity contribution in [3.05, 3.63) is 91.9 Å². The first kappa shape index (κ1) is 23.0. The molecule has 30 heavy (non-hydrogen) atoms. The Morgan fingerprint density at radius 2 is 1.43 bits per heavy atom. The van der Waals surface area contributed by atoms with Crippen molar-refractivity contribution in [1.82, 2.24) is 5.32 Å². The minimum absolute atomic E-state index is 0.447. The van der Waals surface area contributed by atoms with Crippen molar-refractivity contribution < 1.29 is 9.47 Å². The van der Waals surface area contributed by atoms with Gasteiger partial charge in [-0.1, -0.05) is 63.4 Å². The van der Waals surface area contributed by atoms with Gasteiger partial charge >= 0.3 is 0 Å². The van der Waals surface area contributed by atoms with Crippen LogP contribution in [0.4, 0.5) is 0 Å². The molecule has 3 nitrogen and oxygen atoms in total. The first-order chi connectivity index (χ1) is 14.5. The minimum atomic E-state index is 0.447. The van der Waals surface area contributed by atoms with Crippen LogP contribution in [-0.2, 0) is 19.6 Å². The van der Waals surface area contributed by atoms with Gasteiger partial charge in [0.15, 0.2) is 11.5 Å². The lowest BCUT2D eigenvalue weighted by Crippen LogP contribution is -2.17. The SMILES string of the molecule is CCOc1cc(CNCCc2ccc(Cl)cc2)c(Br)cc1OCc1ccc(Cl)cc1. The Morgan fingerprint density at radius 1 is 0.833 bits per heavy atom. The molecule has 0 aromatic heterocycles. The molecule has 0 unspecified atom stereocenters. The van der Waals surface area contributed by atoms with E-state index in [1.807, 2.05) is 55.5 Å². The second-order valence-corrected chi connectivity index (χ2v) is 8.52. The number of benzene rings is 3. The summed E-state index contributed by atoms with van der Waals surface area (Å²) in [5.74, 6) is 1.45. The first-order valence-electron chi connectivity index (χ1n) is 9.82. The van der Waals surface area contributed by atoms with E-state index in [4.69, 9.17) is 32.7 Å². The summed E-state index contributed by atoms with van der Waals surface area (Å²) in [5, 5.41) is 4.96. The van der Waals surface area contributed by atoms with Crippen molar-refractivity contribution >= 4 is 39.1 Å². The molecule has 0 spiro atoms. The number of ether oxygens (including phenoxy) is 2. The molecular formula is C24H24BrCl2NO2. The molecule has 3 aromatic rings. The third-order valence-electron chi connectivity index (χ3n) is 4.54. The van der Waals surface area contributed by atoms with Gasteiger partial charge in [-0.3, -0.25) is 0 Å². The average molecular weight is 509 g/mol. The van der Waals surface area contributed by atoms with Crippen LogP contribution in [0.5, 0.6) is 11.5 Å². The molecular weight excluding hydrogens is 485 g/mol. The average Bonchev–Trinajstić information content (AvgIpc) is 2.74. The Kier molecular flexibility index (Phi) is 8.88. The highest BCUT2D eigenvalue weighted by atomic mass is 79.9. The van der Waals surface area contributed by atoms with Gasteiger partial charge in [0, 0.05) is 21.1 Å². The molecule has 0 heterocycles. The van der Waals surface area contributed by atoms with Crippen molar-refractivity contribution in [3.8, 4) is 11.5 Å². The predicted molar refractivity (Wildman–Crippen MR) is 128 cm³/mol. The molecule has 0 fully saturated rings. The van der Waals surface area contributed by atoms with E-state index >= 15 is 0 Å². The summed E-state index contributed by atoms with van der Waals surface area (Å²) in [6.07, 6.45) is 0.940. The molecule has 0 amide bonds. The molecule has 0 saturated heterocycles. The molecule has 0 aliphatic heterocycles. The number of rotatable bonds is 10. The minimum Gasteiger partial charge on any atom is -0.490 e. The molecule has 0 bridgehead atoms. The molecule has 1 N–H and O–H groups in total.